The first-order chi connectivity index (χ1) is 19.4. The quantitative estimate of drug-likeness (QED) is 0.263. The van der Waals surface area contributed by atoms with Crippen LogP contribution in [0.15, 0.2) is 78.9 Å². The van der Waals surface area contributed by atoms with Gasteiger partial charge >= 0.3 is 0 Å². The largest absolute Gasteiger partial charge is 0.342 e. The summed E-state index contributed by atoms with van der Waals surface area (Å²) >= 11 is 0. The molecule has 4 heteroatoms. The number of benzene rings is 3. The maximum Gasteiger partial charge on any atom is 0.137 e. The van der Waals surface area contributed by atoms with Crippen molar-refractivity contribution in [3.05, 3.63) is 113 Å². The van der Waals surface area contributed by atoms with Crippen molar-refractivity contribution in [1.82, 2.24) is 19.8 Å². The fourth-order valence-corrected chi connectivity index (χ4v) is 6.11. The molecular weight excluding hydrogens is 500 g/mol. The van der Waals surface area contributed by atoms with Gasteiger partial charge in [-0.1, -0.05) is 120 Å². The minimum Gasteiger partial charge on any atom is -0.342 e. The smallest absolute Gasteiger partial charge is 0.137 e. The molecule has 1 atom stereocenters. The first-order valence-corrected chi connectivity index (χ1v) is 15.2. The van der Waals surface area contributed by atoms with Gasteiger partial charge in [-0.15, -0.1) is 0 Å². The summed E-state index contributed by atoms with van der Waals surface area (Å²) in [6, 6.07) is 29.7. The molecule has 4 aromatic rings. The number of piperazine rings is 1. The van der Waals surface area contributed by atoms with Crippen LogP contribution >= 0.6 is 0 Å². The average molecular weight is 549 g/mol. The van der Waals surface area contributed by atoms with Crippen LogP contribution in [0.25, 0.3) is 11.4 Å². The van der Waals surface area contributed by atoms with Crippen LogP contribution in [0.1, 0.15) is 94.2 Å². The molecule has 5 rings (SSSR count). The van der Waals surface area contributed by atoms with Gasteiger partial charge in [-0.25, -0.2) is 4.98 Å². The van der Waals surface area contributed by atoms with Gasteiger partial charge in [-0.2, -0.15) is 0 Å². The number of nitrogens with zero attached hydrogens (tertiary/aromatic N) is 3. The summed E-state index contributed by atoms with van der Waals surface area (Å²) in [6.07, 6.45) is 0. The molecule has 4 nitrogen and oxygen atoms in total. The number of H-pyrrole nitrogens is 1. The molecule has 216 valence electrons. The number of nitrogens with one attached hydrogen (secondary N) is 1. The molecule has 1 aliphatic heterocycles. The maximum absolute atomic E-state index is 5.05. The Morgan fingerprint density at radius 2 is 1.12 bits per heavy atom. The lowest BCUT2D eigenvalue weighted by Crippen LogP contribution is -2.48. The van der Waals surface area contributed by atoms with Crippen molar-refractivity contribution in [3.63, 3.8) is 0 Å². The Hall–Kier alpha value is -3.21. The lowest BCUT2D eigenvalue weighted by molar-refractivity contribution is 0.0826. The van der Waals surface area contributed by atoms with Crippen molar-refractivity contribution >= 4 is 0 Å². The number of hydrogen-bond acceptors (Lipinski definition) is 3. The van der Waals surface area contributed by atoms with Crippen LogP contribution in [0.5, 0.6) is 0 Å². The Morgan fingerprint density at radius 3 is 1.59 bits per heavy atom. The molecule has 1 aliphatic rings. The number of aromatic nitrogens is 2. The predicted octanol–water partition coefficient (Wildman–Crippen LogP) is 8.45. The van der Waals surface area contributed by atoms with E-state index < -0.39 is 0 Å². The van der Waals surface area contributed by atoms with Gasteiger partial charge in [0.05, 0.1) is 17.8 Å². The lowest BCUT2D eigenvalue weighted by atomic mass is 9.84. The molecule has 3 aromatic carbocycles. The lowest BCUT2D eigenvalue weighted by Gasteiger charge is -2.42. The molecule has 1 saturated heterocycles. The Bertz CT molecular complexity index is 1350. The fourth-order valence-electron chi connectivity index (χ4n) is 6.11. The molecule has 0 saturated carbocycles. The third-order valence-corrected chi connectivity index (χ3v) is 8.81. The second kappa shape index (κ2) is 11.6. The monoisotopic (exact) mass is 548 g/mol. The van der Waals surface area contributed by atoms with Crippen molar-refractivity contribution < 1.29 is 0 Å². The minimum absolute atomic E-state index is 0.148. The average Bonchev–Trinajstić information content (AvgIpc) is 3.35. The van der Waals surface area contributed by atoms with Crippen LogP contribution in [0, 0.1) is 6.92 Å². The Labute approximate surface area is 247 Å². The van der Waals surface area contributed by atoms with E-state index in [-0.39, 0.29) is 22.9 Å². The molecule has 41 heavy (non-hydrogen) atoms. The molecular formula is C37H48N4. The van der Waals surface area contributed by atoms with E-state index in [1.54, 1.807) is 0 Å². The zero-order valence-corrected chi connectivity index (χ0v) is 26.3. The Morgan fingerprint density at radius 1 is 0.659 bits per heavy atom. The molecule has 0 spiro atoms. The third kappa shape index (κ3) is 6.50. The number of imidazole rings is 1. The van der Waals surface area contributed by atoms with Crippen LogP contribution in [-0.2, 0) is 10.8 Å². The first kappa shape index (κ1) is 29.3. The van der Waals surface area contributed by atoms with E-state index in [2.05, 4.69) is 143 Å². The van der Waals surface area contributed by atoms with Gasteiger partial charge in [-0.3, -0.25) is 9.80 Å². The molecule has 0 aliphatic carbocycles. The zero-order chi connectivity index (χ0) is 29.4. The van der Waals surface area contributed by atoms with E-state index in [4.69, 9.17) is 4.98 Å². The molecule has 0 bridgehead atoms. The first-order valence-electron chi connectivity index (χ1n) is 15.2. The topological polar surface area (TPSA) is 35.2 Å². The maximum atomic E-state index is 5.05. The summed E-state index contributed by atoms with van der Waals surface area (Å²) in [5.74, 6) is 0.959. The molecule has 1 unspecified atom stereocenters. The number of hydrogen-bond donors (Lipinski definition) is 1. The van der Waals surface area contributed by atoms with Crippen LogP contribution in [-0.4, -0.2) is 45.9 Å². The van der Waals surface area contributed by atoms with Crippen LogP contribution in [0.2, 0.25) is 0 Å². The van der Waals surface area contributed by atoms with Crippen LogP contribution < -0.4 is 0 Å². The van der Waals surface area contributed by atoms with Gasteiger partial charge in [0.2, 0.25) is 0 Å². The van der Waals surface area contributed by atoms with Crippen molar-refractivity contribution in [2.45, 2.75) is 78.3 Å². The van der Waals surface area contributed by atoms with Crippen LogP contribution in [0.3, 0.4) is 0 Å². The summed E-state index contributed by atoms with van der Waals surface area (Å²) in [6.45, 7) is 22.3. The van der Waals surface area contributed by atoms with E-state index in [0.29, 0.717) is 0 Å². The summed E-state index contributed by atoms with van der Waals surface area (Å²) in [4.78, 5) is 13.9. The number of rotatable bonds is 6. The molecule has 1 N–H and O–H groups in total. The van der Waals surface area contributed by atoms with Gasteiger partial charge < -0.3 is 4.98 Å². The van der Waals surface area contributed by atoms with Crippen LogP contribution in [0.4, 0.5) is 0 Å². The summed E-state index contributed by atoms with van der Waals surface area (Å²) in [5.41, 5.74) is 9.26. The van der Waals surface area contributed by atoms with E-state index >= 15 is 0 Å². The van der Waals surface area contributed by atoms with E-state index in [0.717, 1.165) is 49.0 Å². The SMILES string of the molecule is Cc1[nH]c(-c2ccccc2)nc1C(C)N1CCN(C(c2ccc(C(C)(C)C)cc2)c2ccc(C(C)(C)C)cc2)CC1. The molecule has 1 fully saturated rings. The molecule has 0 amide bonds. The number of aromatic amines is 1. The third-order valence-electron chi connectivity index (χ3n) is 8.81. The van der Waals surface area contributed by atoms with Crippen molar-refractivity contribution in [2.75, 3.05) is 26.2 Å². The zero-order valence-electron chi connectivity index (χ0n) is 26.3. The highest BCUT2D eigenvalue weighted by Gasteiger charge is 2.30. The highest BCUT2D eigenvalue weighted by molar-refractivity contribution is 5.55. The fraction of sp³-hybridized carbons (Fsp3) is 0.432. The highest BCUT2D eigenvalue weighted by atomic mass is 15.3. The second-order valence-electron chi connectivity index (χ2n) is 13.9. The van der Waals surface area contributed by atoms with Crippen molar-refractivity contribution in [3.8, 4) is 11.4 Å². The molecule has 0 radical (unpaired) electrons. The normalized spacial score (nSPS) is 16.3. The minimum atomic E-state index is 0.148. The standard InChI is InChI=1S/C37H48N4/c1-26-33(39-35(38-26)30-12-10-9-11-13-30)27(2)40-22-24-41(25-23-40)34(28-14-18-31(19-15-28)36(3,4)5)29-16-20-32(21-17-29)37(6,7)8/h9-21,27,34H,22-25H2,1-8H3,(H,38,39). The van der Waals surface area contributed by atoms with Crippen molar-refractivity contribution in [1.29, 1.82) is 0 Å². The summed E-state index contributed by atoms with van der Waals surface area (Å²) < 4.78 is 0. The van der Waals surface area contributed by atoms with Gasteiger partial charge in [0.25, 0.3) is 0 Å². The second-order valence-corrected chi connectivity index (χ2v) is 13.9. The van der Waals surface area contributed by atoms with Crippen molar-refractivity contribution in [2.24, 2.45) is 0 Å². The van der Waals surface area contributed by atoms with Gasteiger partial charge in [0.15, 0.2) is 0 Å². The predicted molar refractivity (Wildman–Crippen MR) is 172 cm³/mol. The summed E-state index contributed by atoms with van der Waals surface area (Å²) in [5, 5.41) is 0. The van der Waals surface area contributed by atoms with Gasteiger partial charge in [-0.05, 0) is 46.9 Å². The number of aryl methyl sites for hydroxylation is 1. The molecule has 1 aromatic heterocycles. The van der Waals surface area contributed by atoms with E-state index in [1.807, 2.05) is 6.07 Å². The summed E-state index contributed by atoms with van der Waals surface area (Å²) in [7, 11) is 0. The molecule has 2 heterocycles. The highest BCUT2D eigenvalue weighted by Crippen LogP contribution is 2.34. The Balaban J connectivity index is 1.36. The van der Waals surface area contributed by atoms with E-state index in [1.165, 1.54) is 22.3 Å². The van der Waals surface area contributed by atoms with Gasteiger partial charge in [0, 0.05) is 37.4 Å². The Kier molecular flexibility index (Phi) is 8.27. The van der Waals surface area contributed by atoms with Gasteiger partial charge in [0.1, 0.15) is 5.82 Å². The van der Waals surface area contributed by atoms with E-state index in [9.17, 15) is 0 Å².